The van der Waals surface area contributed by atoms with Crippen molar-refractivity contribution in [1.29, 1.82) is 0 Å². The number of alkyl halides is 2. The number of ether oxygens (including phenoxy) is 1. The Morgan fingerprint density at radius 1 is 0.882 bits per heavy atom. The largest absolute Gasteiger partial charge is 0.393 e. The highest BCUT2D eigenvalue weighted by Gasteiger charge is 2.20. The van der Waals surface area contributed by atoms with Gasteiger partial charge in [-0.05, 0) is 22.9 Å². The third kappa shape index (κ3) is 4.01. The van der Waals surface area contributed by atoms with Gasteiger partial charge in [0.2, 0.25) is 0 Å². The summed E-state index contributed by atoms with van der Waals surface area (Å²) >= 11 is 0. The van der Waals surface area contributed by atoms with Crippen molar-refractivity contribution in [3.63, 3.8) is 0 Å². The highest BCUT2D eigenvalue weighted by Crippen LogP contribution is 2.36. The number of aliphatic imine (C=N–C) groups is 1. The Morgan fingerprint density at radius 3 is 2.41 bits per heavy atom. The lowest BCUT2D eigenvalue weighted by Gasteiger charge is -2.09. The first-order chi connectivity index (χ1) is 16.5. The van der Waals surface area contributed by atoms with E-state index >= 15 is 0 Å². The molecule has 0 bridgehead atoms. The highest BCUT2D eigenvalue weighted by atomic mass is 19.3. The quantitative estimate of drug-likeness (QED) is 0.169. The number of rotatable bonds is 5. The van der Waals surface area contributed by atoms with Gasteiger partial charge in [-0.15, -0.1) is 4.39 Å². The van der Waals surface area contributed by atoms with Gasteiger partial charge in [0.05, 0.1) is 0 Å². The summed E-state index contributed by atoms with van der Waals surface area (Å²) in [6.45, 7) is -3.36. The van der Waals surface area contributed by atoms with E-state index in [2.05, 4.69) is 14.7 Å². The summed E-state index contributed by atoms with van der Waals surface area (Å²) in [6.07, 6.45) is -0.125. The van der Waals surface area contributed by atoms with Crippen molar-refractivity contribution in [2.24, 2.45) is 4.99 Å². The molecule has 2 heterocycles. The first-order valence-corrected chi connectivity index (χ1v) is 10.3. The Hall–Kier alpha value is -4.46. The predicted molar refractivity (Wildman–Crippen MR) is 123 cm³/mol. The maximum absolute atomic E-state index is 14.1. The molecule has 168 valence electrons. The van der Waals surface area contributed by atoms with Crippen LogP contribution in [0.5, 0.6) is 0 Å². The summed E-state index contributed by atoms with van der Waals surface area (Å²) in [4.78, 5) is 20.9. The number of hydrogen-bond acceptors (Lipinski definition) is 4. The van der Waals surface area contributed by atoms with Crippen LogP contribution in [0.25, 0.3) is 27.7 Å². The average molecular weight is 459 g/mol. The van der Waals surface area contributed by atoms with Gasteiger partial charge in [-0.2, -0.15) is 13.8 Å². The van der Waals surface area contributed by atoms with Crippen LogP contribution < -0.4 is 0 Å². The number of ketones is 1. The SMILES string of the molecule is O=C(c1ccccc1)c1ccc2nc(/N=C(/F)OC(F)F)c(-c3cccc4ccccc34)n2c1. The molecule has 0 aliphatic carbocycles. The molecular weight excluding hydrogens is 443 g/mol. The van der Waals surface area contributed by atoms with Crippen LogP contribution in [0.4, 0.5) is 19.0 Å². The van der Waals surface area contributed by atoms with Crippen LogP contribution in [-0.2, 0) is 4.74 Å². The second-order valence-corrected chi connectivity index (χ2v) is 7.40. The zero-order valence-corrected chi connectivity index (χ0v) is 17.5. The second kappa shape index (κ2) is 8.82. The van der Waals surface area contributed by atoms with Crippen molar-refractivity contribution >= 4 is 34.2 Å². The summed E-state index contributed by atoms with van der Waals surface area (Å²) in [5, 5.41) is 1.73. The number of hydrogen-bond donors (Lipinski definition) is 0. The molecule has 0 N–H and O–H groups in total. The van der Waals surface area contributed by atoms with Crippen LogP contribution >= 0.6 is 0 Å². The van der Waals surface area contributed by atoms with Crippen molar-refractivity contribution in [1.82, 2.24) is 9.38 Å². The lowest BCUT2D eigenvalue weighted by molar-refractivity contribution is -0.0688. The van der Waals surface area contributed by atoms with Crippen molar-refractivity contribution in [2.45, 2.75) is 6.61 Å². The molecule has 0 fully saturated rings. The molecule has 5 rings (SSSR count). The number of carbonyl (C=O) groups excluding carboxylic acids is 1. The minimum Gasteiger partial charge on any atom is -0.393 e. The topological polar surface area (TPSA) is 56.0 Å². The minimum absolute atomic E-state index is 0.154. The average Bonchev–Trinajstić information content (AvgIpc) is 3.19. The van der Waals surface area contributed by atoms with Crippen molar-refractivity contribution in [3.05, 3.63) is 102 Å². The van der Waals surface area contributed by atoms with Crippen molar-refractivity contribution in [2.75, 3.05) is 0 Å². The van der Waals surface area contributed by atoms with Gasteiger partial charge >= 0.3 is 12.8 Å². The molecule has 0 saturated heterocycles. The van der Waals surface area contributed by atoms with E-state index in [4.69, 9.17) is 0 Å². The van der Waals surface area contributed by atoms with Gasteiger partial charge in [-0.3, -0.25) is 9.20 Å². The summed E-state index contributed by atoms with van der Waals surface area (Å²) in [5.41, 5.74) is 2.21. The number of fused-ring (bicyclic) bond motifs is 2. The Morgan fingerprint density at radius 2 is 1.62 bits per heavy atom. The van der Waals surface area contributed by atoms with Gasteiger partial charge in [0, 0.05) is 22.9 Å². The van der Waals surface area contributed by atoms with Crippen LogP contribution in [0.15, 0.2) is 96.1 Å². The van der Waals surface area contributed by atoms with E-state index in [9.17, 15) is 18.0 Å². The van der Waals surface area contributed by atoms with Crippen LogP contribution in [-0.4, -0.2) is 27.9 Å². The van der Waals surface area contributed by atoms with Gasteiger partial charge in [0.1, 0.15) is 11.3 Å². The molecule has 5 nitrogen and oxygen atoms in total. The van der Waals surface area contributed by atoms with Gasteiger partial charge in [-0.1, -0.05) is 72.8 Å². The summed E-state index contributed by atoms with van der Waals surface area (Å²) in [6, 6.07) is 25.0. The molecule has 0 spiro atoms. The Balaban J connectivity index is 1.76. The van der Waals surface area contributed by atoms with E-state index in [1.54, 1.807) is 53.1 Å². The molecule has 2 aromatic heterocycles. The first-order valence-electron chi connectivity index (χ1n) is 10.3. The minimum atomic E-state index is -3.36. The molecule has 0 aliphatic heterocycles. The Bertz CT molecular complexity index is 1540. The number of carbonyl (C=O) groups is 1. The fourth-order valence-electron chi connectivity index (χ4n) is 3.87. The third-order valence-electron chi connectivity index (χ3n) is 5.32. The molecule has 0 aliphatic rings. The van der Waals surface area contributed by atoms with Crippen LogP contribution in [0.3, 0.4) is 0 Å². The molecule has 3 aromatic carbocycles. The molecule has 0 atom stereocenters. The van der Waals surface area contributed by atoms with Crippen LogP contribution in [0.2, 0.25) is 0 Å². The molecule has 0 amide bonds. The number of imidazole rings is 1. The summed E-state index contributed by atoms with van der Waals surface area (Å²) < 4.78 is 44.5. The smallest absolute Gasteiger partial charge is 0.390 e. The fourth-order valence-corrected chi connectivity index (χ4v) is 3.87. The van der Waals surface area contributed by atoms with E-state index in [0.717, 1.165) is 10.8 Å². The van der Waals surface area contributed by atoms with E-state index in [-0.39, 0.29) is 11.6 Å². The van der Waals surface area contributed by atoms with E-state index in [1.165, 1.54) is 0 Å². The number of pyridine rings is 1. The molecule has 0 saturated carbocycles. The van der Waals surface area contributed by atoms with Gasteiger partial charge < -0.3 is 4.74 Å². The molecule has 5 aromatic rings. The molecule has 0 radical (unpaired) electrons. The van der Waals surface area contributed by atoms with Gasteiger partial charge in [0.25, 0.3) is 0 Å². The third-order valence-corrected chi connectivity index (χ3v) is 5.32. The molecular formula is C26H16F3N3O2. The Labute approximate surface area is 191 Å². The zero-order valence-electron chi connectivity index (χ0n) is 17.5. The lowest BCUT2D eigenvalue weighted by atomic mass is 10.0. The molecule has 8 heteroatoms. The van der Waals surface area contributed by atoms with Gasteiger partial charge in [0.15, 0.2) is 11.6 Å². The van der Waals surface area contributed by atoms with Crippen molar-refractivity contribution < 1.29 is 22.7 Å². The lowest BCUT2D eigenvalue weighted by Crippen LogP contribution is -2.04. The maximum Gasteiger partial charge on any atom is 0.390 e. The second-order valence-electron chi connectivity index (χ2n) is 7.40. The first kappa shape index (κ1) is 21.4. The van der Waals surface area contributed by atoms with Crippen LogP contribution in [0.1, 0.15) is 15.9 Å². The van der Waals surface area contributed by atoms with E-state index in [0.29, 0.717) is 28.0 Å². The zero-order chi connectivity index (χ0) is 23.7. The van der Waals surface area contributed by atoms with Crippen molar-refractivity contribution in [3.8, 4) is 11.3 Å². The number of halogens is 3. The maximum atomic E-state index is 14.1. The highest BCUT2D eigenvalue weighted by molar-refractivity contribution is 6.09. The van der Waals surface area contributed by atoms with E-state index in [1.807, 2.05) is 42.5 Å². The number of aromatic nitrogens is 2. The van der Waals surface area contributed by atoms with Gasteiger partial charge in [-0.25, -0.2) is 4.98 Å². The Kier molecular flexibility index (Phi) is 5.55. The van der Waals surface area contributed by atoms with Crippen LogP contribution in [0, 0.1) is 0 Å². The van der Waals surface area contributed by atoms with E-state index < -0.39 is 12.8 Å². The molecule has 34 heavy (non-hydrogen) atoms. The predicted octanol–water partition coefficient (Wildman–Crippen LogP) is 6.58. The fraction of sp³-hybridized carbons (Fsp3) is 0.0385. The summed E-state index contributed by atoms with van der Waals surface area (Å²) in [5.74, 6) is -0.365. The summed E-state index contributed by atoms with van der Waals surface area (Å²) in [7, 11) is 0. The standard InChI is InChI=1S/C26H16F3N3O2/c27-25(28)34-26(29)31-24-22(20-12-6-10-16-7-4-5-11-19(16)20)32-15-18(13-14-21(32)30-24)23(33)17-8-2-1-3-9-17/h1-15,25H/b31-26-. The monoisotopic (exact) mass is 459 g/mol. The number of nitrogens with zero attached hydrogens (tertiary/aromatic N) is 3. The molecule has 0 unspecified atom stereocenters. The normalized spacial score (nSPS) is 11.9. The number of benzene rings is 3.